The summed E-state index contributed by atoms with van der Waals surface area (Å²) < 4.78 is 26.3. The van der Waals surface area contributed by atoms with Crippen molar-refractivity contribution in [2.45, 2.75) is 0 Å². The van der Waals surface area contributed by atoms with Gasteiger partial charge < -0.3 is 15.7 Å². The van der Waals surface area contributed by atoms with Crippen LogP contribution in [0.25, 0.3) is 0 Å². The molecule has 0 spiro atoms. The quantitative estimate of drug-likeness (QED) is 0.812. The molecule has 3 N–H and O–H groups in total. The Balaban J connectivity index is 2.10. The van der Waals surface area contributed by atoms with Crippen LogP contribution >= 0.6 is 0 Å². The zero-order chi connectivity index (χ0) is 15.4. The molecule has 108 valence electrons. The Morgan fingerprint density at radius 2 is 1.76 bits per heavy atom. The lowest BCUT2D eigenvalue weighted by Gasteiger charge is -2.09. The number of urea groups is 1. The van der Waals surface area contributed by atoms with Crippen molar-refractivity contribution in [3.05, 3.63) is 59.7 Å². The van der Waals surface area contributed by atoms with Gasteiger partial charge in [0.15, 0.2) is 0 Å². The van der Waals surface area contributed by atoms with Gasteiger partial charge in [-0.15, -0.1) is 0 Å². The van der Waals surface area contributed by atoms with Crippen LogP contribution in [0, 0.1) is 11.6 Å². The minimum atomic E-state index is -1.14. The van der Waals surface area contributed by atoms with Crippen molar-refractivity contribution in [1.29, 1.82) is 0 Å². The summed E-state index contributed by atoms with van der Waals surface area (Å²) in [5.74, 6) is -2.62. The van der Waals surface area contributed by atoms with Crippen molar-refractivity contribution in [3.8, 4) is 0 Å². The third kappa shape index (κ3) is 3.75. The molecule has 0 aliphatic carbocycles. The Bertz CT molecular complexity index is 704. The van der Waals surface area contributed by atoms with Gasteiger partial charge in [-0.05, 0) is 30.3 Å². The Hall–Kier alpha value is -2.96. The molecule has 2 amide bonds. The number of carboxylic acid groups (broad SMARTS) is 1. The second-order valence-corrected chi connectivity index (χ2v) is 4.09. The van der Waals surface area contributed by atoms with Gasteiger partial charge in [0, 0.05) is 11.8 Å². The average Bonchev–Trinajstić information content (AvgIpc) is 2.43. The molecule has 0 radical (unpaired) electrons. The molecule has 0 aromatic heterocycles. The van der Waals surface area contributed by atoms with Gasteiger partial charge in [0.2, 0.25) is 0 Å². The number of halogens is 2. The zero-order valence-electron chi connectivity index (χ0n) is 10.6. The summed E-state index contributed by atoms with van der Waals surface area (Å²) in [4.78, 5) is 22.5. The van der Waals surface area contributed by atoms with Gasteiger partial charge in [-0.2, -0.15) is 0 Å². The van der Waals surface area contributed by atoms with Gasteiger partial charge in [-0.3, -0.25) is 0 Å². The van der Waals surface area contributed by atoms with Crippen molar-refractivity contribution < 1.29 is 23.5 Å². The van der Waals surface area contributed by atoms with E-state index in [0.29, 0.717) is 0 Å². The lowest BCUT2D eigenvalue weighted by atomic mass is 10.2. The van der Waals surface area contributed by atoms with Gasteiger partial charge in [0.1, 0.15) is 11.6 Å². The van der Waals surface area contributed by atoms with Crippen molar-refractivity contribution in [2.24, 2.45) is 0 Å². The first kappa shape index (κ1) is 14.4. The van der Waals surface area contributed by atoms with E-state index >= 15 is 0 Å². The number of carbonyl (C=O) groups is 2. The maximum absolute atomic E-state index is 13.4. The van der Waals surface area contributed by atoms with Gasteiger partial charge in [0.05, 0.1) is 11.3 Å². The molecule has 21 heavy (non-hydrogen) atoms. The summed E-state index contributed by atoms with van der Waals surface area (Å²) in [6.07, 6.45) is 0. The van der Waals surface area contributed by atoms with Gasteiger partial charge in [0.25, 0.3) is 0 Å². The largest absolute Gasteiger partial charge is 0.478 e. The number of rotatable bonds is 3. The van der Waals surface area contributed by atoms with Crippen LogP contribution in [-0.2, 0) is 0 Å². The highest BCUT2D eigenvalue weighted by Gasteiger charge is 2.09. The van der Waals surface area contributed by atoms with Crippen LogP contribution in [0.1, 0.15) is 10.4 Å². The first-order chi connectivity index (χ1) is 9.95. The minimum Gasteiger partial charge on any atom is -0.478 e. The van der Waals surface area contributed by atoms with Crippen LogP contribution in [0.4, 0.5) is 25.0 Å². The van der Waals surface area contributed by atoms with Crippen LogP contribution in [0.2, 0.25) is 0 Å². The van der Waals surface area contributed by atoms with Gasteiger partial charge >= 0.3 is 12.0 Å². The molecule has 0 saturated heterocycles. The summed E-state index contributed by atoms with van der Waals surface area (Å²) in [5, 5.41) is 13.3. The topological polar surface area (TPSA) is 78.4 Å². The molecular formula is C14H10F2N2O3. The van der Waals surface area contributed by atoms with Gasteiger partial charge in [-0.1, -0.05) is 6.07 Å². The molecule has 0 saturated carbocycles. The predicted octanol–water partition coefficient (Wildman–Crippen LogP) is 3.31. The van der Waals surface area contributed by atoms with E-state index in [-0.39, 0.29) is 16.9 Å². The highest BCUT2D eigenvalue weighted by Crippen LogP contribution is 2.16. The summed E-state index contributed by atoms with van der Waals surface area (Å²) in [5.41, 5.74) is -0.115. The third-order valence-corrected chi connectivity index (χ3v) is 2.54. The number of aromatic carboxylic acids is 1. The number of benzene rings is 2. The average molecular weight is 292 g/mol. The van der Waals surface area contributed by atoms with Crippen molar-refractivity contribution in [3.63, 3.8) is 0 Å². The zero-order valence-corrected chi connectivity index (χ0v) is 10.6. The fourth-order valence-corrected chi connectivity index (χ4v) is 1.61. The van der Waals surface area contributed by atoms with Crippen molar-refractivity contribution >= 4 is 23.4 Å². The SMILES string of the molecule is O=C(Nc1cccc(C(=O)O)c1)Nc1cc(F)ccc1F. The fourth-order valence-electron chi connectivity index (χ4n) is 1.61. The Morgan fingerprint density at radius 1 is 1.00 bits per heavy atom. The second-order valence-electron chi connectivity index (χ2n) is 4.09. The first-order valence-electron chi connectivity index (χ1n) is 5.82. The third-order valence-electron chi connectivity index (χ3n) is 2.54. The molecule has 0 aliphatic rings. The molecule has 0 fully saturated rings. The number of carboxylic acids is 1. The molecule has 2 aromatic carbocycles. The summed E-state index contributed by atoms with van der Waals surface area (Å²) >= 11 is 0. The Labute approximate surface area is 118 Å². The normalized spacial score (nSPS) is 10.0. The van der Waals surface area contributed by atoms with Gasteiger partial charge in [-0.25, -0.2) is 18.4 Å². The van der Waals surface area contributed by atoms with E-state index in [2.05, 4.69) is 10.6 Å². The second kappa shape index (κ2) is 6.00. The van der Waals surface area contributed by atoms with E-state index in [9.17, 15) is 18.4 Å². The van der Waals surface area contributed by atoms with E-state index < -0.39 is 23.6 Å². The van der Waals surface area contributed by atoms with Crippen LogP contribution in [-0.4, -0.2) is 17.1 Å². The number of nitrogens with one attached hydrogen (secondary N) is 2. The minimum absolute atomic E-state index is 0.00950. The fraction of sp³-hybridized carbons (Fsp3) is 0. The smallest absolute Gasteiger partial charge is 0.335 e. The number of hydrogen-bond acceptors (Lipinski definition) is 2. The van der Waals surface area contributed by atoms with E-state index in [1.54, 1.807) is 0 Å². The Morgan fingerprint density at radius 3 is 2.48 bits per heavy atom. The van der Waals surface area contributed by atoms with E-state index in [1.165, 1.54) is 24.3 Å². The van der Waals surface area contributed by atoms with E-state index in [4.69, 9.17) is 5.11 Å². The molecular weight excluding hydrogens is 282 g/mol. The monoisotopic (exact) mass is 292 g/mol. The molecule has 0 unspecified atom stereocenters. The molecule has 7 heteroatoms. The molecule has 2 rings (SSSR count). The summed E-state index contributed by atoms with van der Waals surface area (Å²) in [6, 6.07) is 7.34. The standard InChI is InChI=1S/C14H10F2N2O3/c15-9-4-5-11(16)12(7-9)18-14(21)17-10-3-1-2-8(6-10)13(19)20/h1-7H,(H,19,20)(H2,17,18,21). The Kier molecular flexibility index (Phi) is 4.13. The lowest BCUT2D eigenvalue weighted by molar-refractivity contribution is 0.0697. The molecule has 0 aliphatic heterocycles. The van der Waals surface area contributed by atoms with E-state index in [1.807, 2.05) is 0 Å². The maximum Gasteiger partial charge on any atom is 0.335 e. The van der Waals surface area contributed by atoms with Crippen LogP contribution < -0.4 is 10.6 Å². The van der Waals surface area contributed by atoms with E-state index in [0.717, 1.165) is 18.2 Å². The number of carbonyl (C=O) groups excluding carboxylic acids is 1. The van der Waals surface area contributed by atoms with Crippen LogP contribution in [0.5, 0.6) is 0 Å². The molecule has 0 heterocycles. The molecule has 2 aromatic rings. The first-order valence-corrected chi connectivity index (χ1v) is 5.82. The number of hydrogen-bond donors (Lipinski definition) is 3. The maximum atomic E-state index is 13.4. The van der Waals surface area contributed by atoms with Crippen molar-refractivity contribution in [1.82, 2.24) is 0 Å². The highest BCUT2D eigenvalue weighted by atomic mass is 19.1. The van der Waals surface area contributed by atoms with Crippen molar-refractivity contribution in [2.75, 3.05) is 10.6 Å². The highest BCUT2D eigenvalue weighted by molar-refractivity contribution is 6.00. The predicted molar refractivity (Wildman–Crippen MR) is 72.4 cm³/mol. The molecule has 0 bridgehead atoms. The summed E-state index contributed by atoms with van der Waals surface area (Å²) in [6.45, 7) is 0. The van der Waals surface area contributed by atoms with Crippen LogP contribution in [0.3, 0.4) is 0 Å². The molecule has 0 atom stereocenters. The lowest BCUT2D eigenvalue weighted by Crippen LogP contribution is -2.20. The number of amides is 2. The summed E-state index contributed by atoms with van der Waals surface area (Å²) in [7, 11) is 0. The molecule has 5 nitrogen and oxygen atoms in total. The number of anilines is 2. The van der Waals surface area contributed by atoms with Crippen LogP contribution in [0.15, 0.2) is 42.5 Å².